The number of nitrogens with one attached hydrogen (secondary N) is 1. The predicted octanol–water partition coefficient (Wildman–Crippen LogP) is 2.57. The molecule has 0 fully saturated rings. The van der Waals surface area contributed by atoms with Crippen LogP contribution in [0.3, 0.4) is 0 Å². The lowest BCUT2D eigenvalue weighted by molar-refractivity contribution is -0.138. The zero-order valence-corrected chi connectivity index (χ0v) is 11.7. The van der Waals surface area contributed by atoms with Crippen LogP contribution in [-0.2, 0) is 9.59 Å². The Bertz CT molecular complexity index is 473. The Balaban J connectivity index is 2.80. The molecule has 0 aliphatic rings. The molecule has 18 heavy (non-hydrogen) atoms. The maximum Gasteiger partial charge on any atom is 0.303 e. The van der Waals surface area contributed by atoms with Crippen molar-refractivity contribution in [3.63, 3.8) is 0 Å². The molecule has 0 spiro atoms. The van der Waals surface area contributed by atoms with Crippen molar-refractivity contribution in [1.82, 2.24) is 0 Å². The maximum absolute atomic E-state index is 11.5. The number of carbonyl (C=O) groups is 2. The number of anilines is 1. The molecule has 5 nitrogen and oxygen atoms in total. The van der Waals surface area contributed by atoms with Crippen molar-refractivity contribution in [3.05, 3.63) is 22.2 Å². The molecule has 0 aliphatic heterocycles. The molecule has 0 saturated heterocycles. The van der Waals surface area contributed by atoms with Crippen LogP contribution in [0.4, 0.5) is 5.69 Å². The van der Waals surface area contributed by atoms with Crippen LogP contribution in [0, 0.1) is 6.92 Å². The van der Waals surface area contributed by atoms with Crippen LogP contribution in [0.15, 0.2) is 16.6 Å². The zero-order chi connectivity index (χ0) is 13.7. The Labute approximate surface area is 113 Å². The Morgan fingerprint density at radius 3 is 2.61 bits per heavy atom. The number of methoxy groups -OCH3 is 1. The number of benzene rings is 1. The molecule has 0 unspecified atom stereocenters. The lowest BCUT2D eigenvalue weighted by Gasteiger charge is -2.12. The van der Waals surface area contributed by atoms with Gasteiger partial charge in [-0.15, -0.1) is 0 Å². The smallest absolute Gasteiger partial charge is 0.303 e. The highest BCUT2D eigenvalue weighted by molar-refractivity contribution is 9.10. The Morgan fingerprint density at radius 2 is 2.06 bits per heavy atom. The summed E-state index contributed by atoms with van der Waals surface area (Å²) in [6.45, 7) is 1.91. The molecule has 0 aromatic heterocycles. The molecule has 0 heterocycles. The van der Waals surface area contributed by atoms with Crippen molar-refractivity contribution in [2.45, 2.75) is 19.8 Å². The summed E-state index contributed by atoms with van der Waals surface area (Å²) < 4.78 is 6.00. The minimum Gasteiger partial charge on any atom is -0.495 e. The van der Waals surface area contributed by atoms with Crippen LogP contribution >= 0.6 is 15.9 Å². The minimum absolute atomic E-state index is 0.0655. The molecule has 1 aromatic rings. The summed E-state index contributed by atoms with van der Waals surface area (Å²) in [5, 5.41) is 11.1. The molecule has 0 bridgehead atoms. The van der Waals surface area contributed by atoms with Gasteiger partial charge in [0.25, 0.3) is 0 Å². The standard InChI is InChI=1S/C12H14BrNO4/c1-7-5-10(18-2)9(6-8(7)13)14-11(15)3-4-12(16)17/h5-6H,3-4H2,1-2H3,(H,14,15)(H,16,17). The first-order valence-electron chi connectivity index (χ1n) is 5.30. The van der Waals surface area contributed by atoms with E-state index in [0.717, 1.165) is 10.0 Å². The van der Waals surface area contributed by atoms with Gasteiger partial charge in [0.2, 0.25) is 5.91 Å². The van der Waals surface area contributed by atoms with E-state index < -0.39 is 5.97 Å². The van der Waals surface area contributed by atoms with E-state index in [-0.39, 0.29) is 18.7 Å². The van der Waals surface area contributed by atoms with Gasteiger partial charge in [0.1, 0.15) is 5.75 Å². The lowest BCUT2D eigenvalue weighted by Crippen LogP contribution is -2.14. The Morgan fingerprint density at radius 1 is 1.39 bits per heavy atom. The average molecular weight is 316 g/mol. The number of rotatable bonds is 5. The summed E-state index contributed by atoms with van der Waals surface area (Å²) in [4.78, 5) is 21.9. The molecule has 1 rings (SSSR count). The quantitative estimate of drug-likeness (QED) is 0.875. The largest absolute Gasteiger partial charge is 0.495 e. The van der Waals surface area contributed by atoms with Crippen molar-refractivity contribution in [2.75, 3.05) is 12.4 Å². The fraction of sp³-hybridized carbons (Fsp3) is 0.333. The van der Waals surface area contributed by atoms with Crippen molar-refractivity contribution in [2.24, 2.45) is 0 Å². The molecule has 98 valence electrons. The monoisotopic (exact) mass is 315 g/mol. The third-order valence-electron chi connectivity index (χ3n) is 2.32. The third-order valence-corrected chi connectivity index (χ3v) is 3.18. The molecule has 0 atom stereocenters. The van der Waals surface area contributed by atoms with Gasteiger partial charge in [-0.25, -0.2) is 0 Å². The predicted molar refractivity (Wildman–Crippen MR) is 70.9 cm³/mol. The van der Waals surface area contributed by atoms with E-state index in [1.165, 1.54) is 7.11 Å². The first kappa shape index (κ1) is 14.5. The Hall–Kier alpha value is -1.56. The van der Waals surface area contributed by atoms with Gasteiger partial charge in [0.15, 0.2) is 0 Å². The molecule has 0 saturated carbocycles. The number of ether oxygens (including phenoxy) is 1. The van der Waals surface area contributed by atoms with E-state index >= 15 is 0 Å². The van der Waals surface area contributed by atoms with Crippen LogP contribution in [0.5, 0.6) is 5.75 Å². The summed E-state index contributed by atoms with van der Waals surface area (Å²) in [6, 6.07) is 3.52. The second kappa shape index (κ2) is 6.39. The molecule has 0 radical (unpaired) electrons. The summed E-state index contributed by atoms with van der Waals surface area (Å²) in [6.07, 6.45) is -0.259. The van der Waals surface area contributed by atoms with E-state index in [2.05, 4.69) is 21.2 Å². The maximum atomic E-state index is 11.5. The van der Waals surface area contributed by atoms with Crippen molar-refractivity contribution in [3.8, 4) is 5.75 Å². The minimum atomic E-state index is -0.998. The third kappa shape index (κ3) is 4.03. The van der Waals surface area contributed by atoms with Crippen LogP contribution in [-0.4, -0.2) is 24.1 Å². The van der Waals surface area contributed by atoms with Gasteiger partial charge >= 0.3 is 5.97 Å². The fourth-order valence-corrected chi connectivity index (χ4v) is 1.70. The topological polar surface area (TPSA) is 75.6 Å². The molecule has 1 aromatic carbocycles. The van der Waals surface area contributed by atoms with Gasteiger partial charge in [-0.3, -0.25) is 9.59 Å². The van der Waals surface area contributed by atoms with Gasteiger partial charge in [0.05, 0.1) is 19.2 Å². The number of carboxylic acid groups (broad SMARTS) is 1. The summed E-state index contributed by atoms with van der Waals surface area (Å²) >= 11 is 3.36. The van der Waals surface area contributed by atoms with Crippen LogP contribution < -0.4 is 10.1 Å². The normalized spacial score (nSPS) is 9.94. The molecule has 0 aliphatic carbocycles. The summed E-state index contributed by atoms with van der Waals surface area (Å²) in [7, 11) is 1.51. The first-order chi connectivity index (χ1) is 8.43. The zero-order valence-electron chi connectivity index (χ0n) is 10.1. The lowest BCUT2D eigenvalue weighted by atomic mass is 10.2. The first-order valence-corrected chi connectivity index (χ1v) is 6.09. The molecule has 1 amide bonds. The van der Waals surface area contributed by atoms with Crippen molar-refractivity contribution >= 4 is 33.5 Å². The summed E-state index contributed by atoms with van der Waals surface area (Å²) in [5.74, 6) is -0.812. The molecule has 2 N–H and O–H groups in total. The number of aliphatic carboxylic acids is 1. The molecular formula is C12H14BrNO4. The number of halogens is 1. The van der Waals surface area contributed by atoms with E-state index in [4.69, 9.17) is 9.84 Å². The van der Waals surface area contributed by atoms with Gasteiger partial charge in [-0.05, 0) is 24.6 Å². The number of carboxylic acids is 1. The summed E-state index contributed by atoms with van der Waals surface area (Å²) in [5.41, 5.74) is 1.50. The Kier molecular flexibility index (Phi) is 5.15. The van der Waals surface area contributed by atoms with Crippen LogP contribution in [0.2, 0.25) is 0 Å². The average Bonchev–Trinajstić information content (AvgIpc) is 2.31. The molecule has 6 heteroatoms. The fourth-order valence-electron chi connectivity index (χ4n) is 1.35. The SMILES string of the molecule is COc1cc(C)c(Br)cc1NC(=O)CCC(=O)O. The highest BCUT2D eigenvalue weighted by Gasteiger charge is 2.11. The van der Waals surface area contributed by atoms with Crippen molar-refractivity contribution < 1.29 is 19.4 Å². The van der Waals surface area contributed by atoms with E-state index in [1.54, 1.807) is 12.1 Å². The van der Waals surface area contributed by atoms with Gasteiger partial charge < -0.3 is 15.2 Å². The number of carbonyl (C=O) groups excluding carboxylic acids is 1. The number of amides is 1. The number of hydrogen-bond donors (Lipinski definition) is 2. The van der Waals surface area contributed by atoms with Crippen LogP contribution in [0.1, 0.15) is 18.4 Å². The molecular weight excluding hydrogens is 302 g/mol. The highest BCUT2D eigenvalue weighted by Crippen LogP contribution is 2.31. The van der Waals surface area contributed by atoms with E-state index in [0.29, 0.717) is 11.4 Å². The van der Waals surface area contributed by atoms with E-state index in [1.807, 2.05) is 6.92 Å². The number of aryl methyl sites for hydroxylation is 1. The van der Waals surface area contributed by atoms with E-state index in [9.17, 15) is 9.59 Å². The van der Waals surface area contributed by atoms with Gasteiger partial charge in [0, 0.05) is 10.9 Å². The van der Waals surface area contributed by atoms with Gasteiger partial charge in [-0.2, -0.15) is 0 Å². The second-order valence-electron chi connectivity index (χ2n) is 3.74. The van der Waals surface area contributed by atoms with Crippen LogP contribution in [0.25, 0.3) is 0 Å². The van der Waals surface area contributed by atoms with Gasteiger partial charge in [-0.1, -0.05) is 15.9 Å². The van der Waals surface area contributed by atoms with Crippen molar-refractivity contribution in [1.29, 1.82) is 0 Å². The highest BCUT2D eigenvalue weighted by atomic mass is 79.9. The second-order valence-corrected chi connectivity index (χ2v) is 4.60. The number of hydrogen-bond acceptors (Lipinski definition) is 3.